The molecule has 2 heterocycles. The first-order valence-electron chi connectivity index (χ1n) is 8.15. The Kier molecular flexibility index (Phi) is 5.34. The van der Waals surface area contributed by atoms with Crippen LogP contribution in [0.5, 0.6) is 11.5 Å². The highest BCUT2D eigenvalue weighted by atomic mass is 32.2. The topological polar surface area (TPSA) is 60.4 Å². The number of morpholine rings is 1. The molecule has 6 nitrogen and oxygen atoms in total. The van der Waals surface area contributed by atoms with Crippen LogP contribution in [-0.2, 0) is 9.53 Å². The molecule has 0 saturated carbocycles. The molecule has 1 saturated heterocycles. The average Bonchev–Trinajstić information content (AvgIpc) is 2.94. The molecule has 1 fully saturated rings. The van der Waals surface area contributed by atoms with Crippen LogP contribution < -0.4 is 9.47 Å². The van der Waals surface area contributed by atoms with Crippen LogP contribution >= 0.6 is 11.8 Å². The minimum absolute atomic E-state index is 0.119. The number of thioether (sulfide) groups is 1. The largest absolute Gasteiger partial charge is 0.493 e. The van der Waals surface area contributed by atoms with Crippen LogP contribution in [0.3, 0.4) is 0 Å². The number of hydrogen-bond donors (Lipinski definition) is 0. The third-order valence-electron chi connectivity index (χ3n) is 4.02. The van der Waals surface area contributed by atoms with Gasteiger partial charge in [0.05, 0.1) is 31.3 Å². The Bertz CT molecular complexity index is 722. The van der Waals surface area contributed by atoms with E-state index in [0.717, 1.165) is 23.8 Å². The standard InChI is InChI=1S/C18H22N2O4S/c1-11-9-20(10-12(2)24-11)18-19-17(21)15(25-18)8-13-6-5-7-14(22-3)16(13)23-4/h5-8,11-12H,9-10H2,1-4H3/b15-8+/t11-,12-/m0/s1. The molecule has 2 atom stereocenters. The number of rotatable bonds is 3. The van der Waals surface area contributed by atoms with Gasteiger partial charge in [-0.2, -0.15) is 4.99 Å². The summed E-state index contributed by atoms with van der Waals surface area (Å²) in [5, 5.41) is 0.736. The molecule has 0 aliphatic carbocycles. The first kappa shape index (κ1) is 17.8. The highest BCUT2D eigenvalue weighted by Gasteiger charge is 2.31. The van der Waals surface area contributed by atoms with Gasteiger partial charge in [0.15, 0.2) is 16.7 Å². The van der Waals surface area contributed by atoms with Gasteiger partial charge in [-0.25, -0.2) is 0 Å². The molecule has 134 valence electrons. The summed E-state index contributed by atoms with van der Waals surface area (Å²) in [6.07, 6.45) is 2.04. The molecule has 0 spiro atoms. The summed E-state index contributed by atoms with van der Waals surface area (Å²) in [5.74, 6) is 1.01. The van der Waals surface area contributed by atoms with Gasteiger partial charge < -0.3 is 19.1 Å². The summed E-state index contributed by atoms with van der Waals surface area (Å²) in [5.41, 5.74) is 0.790. The SMILES string of the molecule is COc1cccc(/C=C2/SC(N3C[C@H](C)O[C@@H](C)C3)=NC2=O)c1OC. The van der Waals surface area contributed by atoms with Crippen molar-refractivity contribution in [3.05, 3.63) is 28.7 Å². The van der Waals surface area contributed by atoms with Gasteiger partial charge in [-0.3, -0.25) is 4.79 Å². The molecular weight excluding hydrogens is 340 g/mol. The Morgan fingerprint density at radius 3 is 2.60 bits per heavy atom. The number of hydrogen-bond acceptors (Lipinski definition) is 6. The molecule has 0 unspecified atom stereocenters. The summed E-state index contributed by atoms with van der Waals surface area (Å²) < 4.78 is 16.5. The summed E-state index contributed by atoms with van der Waals surface area (Å²) in [6.45, 7) is 5.53. The normalized spacial score (nSPS) is 25.3. The van der Waals surface area contributed by atoms with Crippen molar-refractivity contribution in [3.63, 3.8) is 0 Å². The Morgan fingerprint density at radius 2 is 1.96 bits per heavy atom. The van der Waals surface area contributed by atoms with E-state index in [4.69, 9.17) is 14.2 Å². The Balaban J connectivity index is 1.82. The lowest BCUT2D eigenvalue weighted by molar-refractivity contribution is -0.113. The first-order valence-corrected chi connectivity index (χ1v) is 8.97. The van der Waals surface area contributed by atoms with Crippen molar-refractivity contribution in [3.8, 4) is 11.5 Å². The van der Waals surface area contributed by atoms with Crippen molar-refractivity contribution in [2.45, 2.75) is 26.1 Å². The maximum Gasteiger partial charge on any atom is 0.286 e. The summed E-state index contributed by atoms with van der Waals surface area (Å²) in [6, 6.07) is 5.58. The molecule has 2 aliphatic rings. The maximum absolute atomic E-state index is 12.3. The number of amidine groups is 1. The predicted octanol–water partition coefficient (Wildman–Crippen LogP) is 2.78. The van der Waals surface area contributed by atoms with Crippen molar-refractivity contribution in [1.82, 2.24) is 4.90 Å². The van der Waals surface area contributed by atoms with E-state index in [-0.39, 0.29) is 18.1 Å². The fourth-order valence-corrected chi connectivity index (χ4v) is 3.96. The molecule has 0 aromatic heterocycles. The highest BCUT2D eigenvalue weighted by Crippen LogP contribution is 2.36. The van der Waals surface area contributed by atoms with Crippen LogP contribution in [0.25, 0.3) is 6.08 Å². The molecule has 0 bridgehead atoms. The van der Waals surface area contributed by atoms with Gasteiger partial charge in [-0.1, -0.05) is 12.1 Å². The third-order valence-corrected chi connectivity index (χ3v) is 5.06. The van der Waals surface area contributed by atoms with E-state index < -0.39 is 0 Å². The van der Waals surface area contributed by atoms with Gasteiger partial charge in [-0.05, 0) is 37.8 Å². The Morgan fingerprint density at radius 1 is 1.24 bits per heavy atom. The second-order valence-corrected chi connectivity index (χ2v) is 7.06. The Hall–Kier alpha value is -1.99. The van der Waals surface area contributed by atoms with Gasteiger partial charge >= 0.3 is 0 Å². The van der Waals surface area contributed by atoms with Gasteiger partial charge in [0.25, 0.3) is 5.91 Å². The number of carbonyl (C=O) groups is 1. The lowest BCUT2D eigenvalue weighted by Gasteiger charge is -2.35. The molecule has 1 amide bonds. The smallest absolute Gasteiger partial charge is 0.286 e. The van der Waals surface area contributed by atoms with Crippen LogP contribution in [0.1, 0.15) is 19.4 Å². The molecule has 1 aromatic rings. The van der Waals surface area contributed by atoms with Crippen LogP contribution in [0.15, 0.2) is 28.1 Å². The highest BCUT2D eigenvalue weighted by molar-refractivity contribution is 8.18. The molecular formula is C18H22N2O4S. The predicted molar refractivity (Wildman–Crippen MR) is 99.1 cm³/mol. The number of benzene rings is 1. The fraction of sp³-hybridized carbons (Fsp3) is 0.444. The zero-order valence-corrected chi connectivity index (χ0v) is 15.6. The molecule has 0 N–H and O–H groups in total. The van der Waals surface area contributed by atoms with Crippen molar-refractivity contribution in [2.24, 2.45) is 4.99 Å². The van der Waals surface area contributed by atoms with E-state index in [1.807, 2.05) is 32.0 Å². The summed E-state index contributed by atoms with van der Waals surface area (Å²) in [4.78, 5) is 19.3. The lowest BCUT2D eigenvalue weighted by Crippen LogP contribution is -2.47. The van der Waals surface area contributed by atoms with E-state index in [2.05, 4.69) is 9.89 Å². The van der Waals surface area contributed by atoms with E-state index in [1.165, 1.54) is 11.8 Å². The molecule has 0 radical (unpaired) electrons. The second-order valence-electron chi connectivity index (χ2n) is 6.06. The Labute approximate surface area is 151 Å². The number of carbonyl (C=O) groups excluding carboxylic acids is 1. The molecule has 2 aliphatic heterocycles. The summed E-state index contributed by atoms with van der Waals surface area (Å²) >= 11 is 1.39. The van der Waals surface area contributed by atoms with Gasteiger partial charge in [-0.15, -0.1) is 0 Å². The van der Waals surface area contributed by atoms with E-state index in [0.29, 0.717) is 16.4 Å². The fourth-order valence-electron chi connectivity index (χ4n) is 3.03. The zero-order chi connectivity index (χ0) is 18.0. The number of nitrogens with zero attached hydrogens (tertiary/aromatic N) is 2. The van der Waals surface area contributed by atoms with Crippen LogP contribution in [0.2, 0.25) is 0 Å². The van der Waals surface area contributed by atoms with Crippen molar-refractivity contribution >= 4 is 28.9 Å². The number of amides is 1. The van der Waals surface area contributed by atoms with Crippen LogP contribution in [0.4, 0.5) is 0 Å². The van der Waals surface area contributed by atoms with E-state index in [1.54, 1.807) is 20.3 Å². The van der Waals surface area contributed by atoms with Crippen molar-refractivity contribution < 1.29 is 19.0 Å². The zero-order valence-electron chi connectivity index (χ0n) is 14.8. The third kappa shape index (κ3) is 3.82. The number of aliphatic imine (C=N–C) groups is 1. The minimum atomic E-state index is -0.225. The van der Waals surface area contributed by atoms with Crippen LogP contribution in [-0.4, -0.2) is 55.5 Å². The number of methoxy groups -OCH3 is 2. The lowest BCUT2D eigenvalue weighted by atomic mass is 10.1. The quantitative estimate of drug-likeness (QED) is 0.771. The number of para-hydroxylation sites is 1. The second kappa shape index (κ2) is 7.49. The van der Waals surface area contributed by atoms with E-state index >= 15 is 0 Å². The van der Waals surface area contributed by atoms with Crippen molar-refractivity contribution in [2.75, 3.05) is 27.3 Å². The maximum atomic E-state index is 12.3. The van der Waals surface area contributed by atoms with Crippen molar-refractivity contribution in [1.29, 1.82) is 0 Å². The average molecular weight is 362 g/mol. The molecule has 1 aromatic carbocycles. The summed E-state index contributed by atoms with van der Waals surface area (Å²) in [7, 11) is 3.17. The molecule has 3 rings (SSSR count). The van der Waals surface area contributed by atoms with Gasteiger partial charge in [0, 0.05) is 18.7 Å². The van der Waals surface area contributed by atoms with Crippen LogP contribution in [0, 0.1) is 0 Å². The number of ether oxygens (including phenoxy) is 3. The first-order chi connectivity index (χ1) is 12.0. The van der Waals surface area contributed by atoms with E-state index in [9.17, 15) is 4.79 Å². The van der Waals surface area contributed by atoms with Gasteiger partial charge in [0.1, 0.15) is 0 Å². The van der Waals surface area contributed by atoms with Gasteiger partial charge in [0.2, 0.25) is 0 Å². The minimum Gasteiger partial charge on any atom is -0.493 e. The monoisotopic (exact) mass is 362 g/mol. The molecule has 7 heteroatoms. The molecule has 25 heavy (non-hydrogen) atoms.